The number of alkyl halides is 1. The van der Waals surface area contributed by atoms with Crippen LogP contribution in [0.5, 0.6) is 0 Å². The zero-order chi connectivity index (χ0) is 29.1. The van der Waals surface area contributed by atoms with Gasteiger partial charge in [-0.2, -0.15) is 0 Å². The first-order valence-corrected chi connectivity index (χ1v) is 15.6. The molecular weight excluding hydrogens is 630 g/mol. The molecule has 3 heterocycles. The van der Waals surface area contributed by atoms with Crippen molar-refractivity contribution in [3.8, 4) is 0 Å². The van der Waals surface area contributed by atoms with E-state index >= 15 is 0 Å². The number of thioether (sulfide) groups is 1. The summed E-state index contributed by atoms with van der Waals surface area (Å²) in [5.74, 6) is -1.64. The largest absolute Gasteiger partial charge is 0.448 e. The van der Waals surface area contributed by atoms with Gasteiger partial charge in [-0.1, -0.05) is 87.9 Å². The number of halogens is 1. The van der Waals surface area contributed by atoms with Gasteiger partial charge in [-0.25, -0.2) is 4.79 Å². The van der Waals surface area contributed by atoms with Crippen molar-refractivity contribution < 1.29 is 23.9 Å². The molecule has 2 aliphatic rings. The summed E-state index contributed by atoms with van der Waals surface area (Å²) in [5, 5.41) is 11.8. The van der Waals surface area contributed by atoms with Crippen LogP contribution in [0, 0.1) is 0 Å². The fraction of sp³-hybridized carbons (Fsp3) is 0.286. The number of β-lactam (4-membered cyclic amide) rings is 1. The van der Waals surface area contributed by atoms with Crippen LogP contribution in [-0.4, -0.2) is 75.3 Å². The van der Waals surface area contributed by atoms with Gasteiger partial charge in [-0.05, 0) is 11.1 Å². The van der Waals surface area contributed by atoms with Crippen molar-refractivity contribution in [2.24, 2.45) is 0 Å². The van der Waals surface area contributed by atoms with E-state index in [0.717, 1.165) is 11.1 Å². The van der Waals surface area contributed by atoms with Crippen molar-refractivity contribution in [2.45, 2.75) is 23.9 Å². The number of anilines is 1. The Morgan fingerprint density at radius 2 is 1.71 bits per heavy atom. The summed E-state index contributed by atoms with van der Waals surface area (Å²) in [7, 11) is 3.69. The normalized spacial score (nSPS) is 18.0. The van der Waals surface area contributed by atoms with Gasteiger partial charge in [0.15, 0.2) is 11.9 Å². The zero-order valence-corrected chi connectivity index (χ0v) is 25.4. The maximum absolute atomic E-state index is 14.1. The van der Waals surface area contributed by atoms with Gasteiger partial charge >= 0.3 is 5.97 Å². The summed E-state index contributed by atoms with van der Waals surface area (Å²) in [5.41, 5.74) is 2.17. The third kappa shape index (κ3) is 6.07. The van der Waals surface area contributed by atoms with E-state index in [1.807, 2.05) is 79.7 Å². The number of nitrogens with one attached hydrogen (secondary N) is 1. The summed E-state index contributed by atoms with van der Waals surface area (Å²) in [4.78, 5) is 54.8. The summed E-state index contributed by atoms with van der Waals surface area (Å²) in [6.07, 6.45) is -1.06. The Morgan fingerprint density at radius 1 is 1.07 bits per heavy atom. The smallest absolute Gasteiger partial charge is 0.356 e. The zero-order valence-electron chi connectivity index (χ0n) is 22.2. The number of ether oxygens (including phenoxy) is 1. The van der Waals surface area contributed by atoms with Crippen molar-refractivity contribution >= 4 is 73.3 Å². The number of ketones is 1. The molecule has 5 rings (SSSR count). The predicted molar refractivity (Wildman–Crippen MR) is 160 cm³/mol. The van der Waals surface area contributed by atoms with Crippen molar-refractivity contribution in [2.75, 3.05) is 30.1 Å². The van der Waals surface area contributed by atoms with E-state index in [1.165, 1.54) is 28.0 Å². The van der Waals surface area contributed by atoms with Crippen LogP contribution < -0.4 is 10.2 Å². The van der Waals surface area contributed by atoms with Gasteiger partial charge in [0.1, 0.15) is 22.1 Å². The van der Waals surface area contributed by atoms with Gasteiger partial charge in [0.05, 0.1) is 11.8 Å². The average molecular weight is 657 g/mol. The van der Waals surface area contributed by atoms with Gasteiger partial charge in [0, 0.05) is 25.4 Å². The standard InChI is InChI=1S/C28H26BrN5O5S2/c1-33(2)28-32-31-24(41-28)19-15-40-26-21(30-20(36)13-18(35)14-29)25(37)34(26)22(19)27(38)39-23(16-9-5-3-6-10-16)17-11-7-4-8-12-17/h3-12,21,23,26H,13-15H2,1-2H3,(H,30,36)/t21?,26-/m1/s1. The van der Waals surface area contributed by atoms with E-state index in [-0.39, 0.29) is 23.2 Å². The number of nitrogens with zero attached hydrogens (tertiary/aromatic N) is 4. The second-order valence-electron chi connectivity index (χ2n) is 9.52. The first-order valence-electron chi connectivity index (χ1n) is 12.7. The molecule has 0 saturated carbocycles. The molecule has 2 atom stereocenters. The number of fused-ring (bicyclic) bond motifs is 1. The second kappa shape index (κ2) is 12.5. The summed E-state index contributed by atoms with van der Waals surface area (Å²) < 4.78 is 6.16. The topological polar surface area (TPSA) is 122 Å². The highest BCUT2D eigenvalue weighted by molar-refractivity contribution is 9.09. The molecule has 1 saturated heterocycles. The Balaban J connectivity index is 1.50. The number of esters is 1. The molecule has 1 N–H and O–H groups in total. The first kappa shape index (κ1) is 29.0. The molecule has 0 aliphatic carbocycles. The van der Waals surface area contributed by atoms with E-state index in [0.29, 0.717) is 21.5 Å². The van der Waals surface area contributed by atoms with Gasteiger partial charge in [-0.15, -0.1) is 22.0 Å². The molecule has 1 unspecified atom stereocenters. The SMILES string of the molecule is CN(C)c1nnc(C2=C(C(=O)OC(c3ccccc3)c3ccccc3)N3C(=O)C(NC(=O)CC(=O)CBr)[C@H]3SC2)s1. The summed E-state index contributed by atoms with van der Waals surface area (Å²) in [6.45, 7) is 0. The lowest BCUT2D eigenvalue weighted by atomic mass is 10.0. The van der Waals surface area contributed by atoms with Gasteiger partial charge in [-0.3, -0.25) is 19.3 Å². The molecule has 2 aromatic carbocycles. The van der Waals surface area contributed by atoms with Crippen LogP contribution in [0.4, 0.5) is 5.13 Å². The minimum Gasteiger partial charge on any atom is -0.448 e. The minimum absolute atomic E-state index is 0.0478. The highest BCUT2D eigenvalue weighted by Crippen LogP contribution is 2.45. The molecule has 0 radical (unpaired) electrons. The number of amides is 2. The molecule has 3 aromatic rings. The van der Waals surface area contributed by atoms with Crippen molar-refractivity contribution in [1.29, 1.82) is 0 Å². The lowest BCUT2D eigenvalue weighted by Gasteiger charge is -2.49. The van der Waals surface area contributed by atoms with Crippen molar-refractivity contribution in [3.63, 3.8) is 0 Å². The molecule has 2 aliphatic heterocycles. The van der Waals surface area contributed by atoms with Gasteiger partial charge < -0.3 is 15.0 Å². The third-order valence-corrected chi connectivity index (χ3v) is 9.53. The Morgan fingerprint density at radius 3 is 2.27 bits per heavy atom. The first-order chi connectivity index (χ1) is 19.8. The Hall–Kier alpha value is -3.55. The molecule has 41 heavy (non-hydrogen) atoms. The fourth-order valence-electron chi connectivity index (χ4n) is 4.49. The molecule has 13 heteroatoms. The van der Waals surface area contributed by atoms with E-state index in [4.69, 9.17) is 4.74 Å². The third-order valence-electron chi connectivity index (χ3n) is 6.47. The molecule has 0 bridgehead atoms. The number of hydrogen-bond donors (Lipinski definition) is 1. The van der Waals surface area contributed by atoms with Crippen LogP contribution in [0.25, 0.3) is 5.57 Å². The number of rotatable bonds is 10. The molecule has 1 fully saturated rings. The van der Waals surface area contributed by atoms with Crippen molar-refractivity contribution in [1.82, 2.24) is 20.4 Å². The maximum atomic E-state index is 14.1. The fourth-order valence-corrected chi connectivity index (χ4v) is 6.94. The van der Waals surface area contributed by atoms with Crippen LogP contribution >= 0.6 is 39.0 Å². The van der Waals surface area contributed by atoms with Crippen molar-refractivity contribution in [3.05, 3.63) is 82.5 Å². The molecule has 212 valence electrons. The molecule has 1 aromatic heterocycles. The number of Topliss-reactive ketones (excluding diaryl/α,β-unsaturated/α-hetero) is 1. The van der Waals surface area contributed by atoms with E-state index in [9.17, 15) is 19.2 Å². The molecule has 0 spiro atoms. The average Bonchev–Trinajstić information content (AvgIpc) is 3.49. The van der Waals surface area contributed by atoms with Crippen LogP contribution in [0.2, 0.25) is 0 Å². The quantitative estimate of drug-likeness (QED) is 0.152. The monoisotopic (exact) mass is 655 g/mol. The molecule has 2 amide bonds. The van der Waals surface area contributed by atoms with E-state index in [2.05, 4.69) is 31.4 Å². The molecule has 10 nitrogen and oxygen atoms in total. The van der Waals surface area contributed by atoms with Crippen LogP contribution in [0.1, 0.15) is 28.7 Å². The number of carbonyl (C=O) groups excluding carboxylic acids is 4. The number of aromatic nitrogens is 2. The number of benzene rings is 2. The highest BCUT2D eigenvalue weighted by atomic mass is 79.9. The Bertz CT molecular complexity index is 1460. The van der Waals surface area contributed by atoms with Gasteiger partial charge in [0.25, 0.3) is 5.91 Å². The van der Waals surface area contributed by atoms with Crippen LogP contribution in [-0.2, 0) is 23.9 Å². The van der Waals surface area contributed by atoms with E-state index in [1.54, 1.807) is 0 Å². The summed E-state index contributed by atoms with van der Waals surface area (Å²) >= 11 is 5.75. The second-order valence-corrected chi connectivity index (χ2v) is 12.1. The van der Waals surface area contributed by atoms with Crippen LogP contribution in [0.3, 0.4) is 0 Å². The number of carbonyl (C=O) groups is 4. The number of hydrogen-bond acceptors (Lipinski definition) is 10. The van der Waals surface area contributed by atoms with E-state index < -0.39 is 35.3 Å². The maximum Gasteiger partial charge on any atom is 0.356 e. The lowest BCUT2D eigenvalue weighted by molar-refractivity contribution is -0.154. The lowest BCUT2D eigenvalue weighted by Crippen LogP contribution is -2.70. The highest BCUT2D eigenvalue weighted by Gasteiger charge is 2.55. The summed E-state index contributed by atoms with van der Waals surface area (Å²) in [6, 6.07) is 17.9. The molecular formula is C28H26BrN5O5S2. The predicted octanol–water partition coefficient (Wildman–Crippen LogP) is 3.40. The van der Waals surface area contributed by atoms with Gasteiger partial charge in [0.2, 0.25) is 11.0 Å². The Labute approximate surface area is 253 Å². The van der Waals surface area contributed by atoms with Crippen LogP contribution in [0.15, 0.2) is 66.4 Å². The minimum atomic E-state index is -0.870. The Kier molecular flexibility index (Phi) is 8.85.